The van der Waals surface area contributed by atoms with Gasteiger partial charge in [0.1, 0.15) is 16.9 Å². The van der Waals surface area contributed by atoms with Crippen LogP contribution >= 0.6 is 0 Å². The molecule has 0 atom stereocenters. The smallest absolute Gasteiger partial charge is 0.407 e. The molecule has 9 heteroatoms. The van der Waals surface area contributed by atoms with Crippen molar-refractivity contribution in [3.63, 3.8) is 0 Å². The van der Waals surface area contributed by atoms with Gasteiger partial charge in [-0.25, -0.2) is 19.7 Å². The van der Waals surface area contributed by atoms with Crippen LogP contribution in [0, 0.1) is 0 Å². The largest absolute Gasteiger partial charge is 0.444 e. The van der Waals surface area contributed by atoms with Crippen molar-refractivity contribution in [3.05, 3.63) is 90.8 Å². The van der Waals surface area contributed by atoms with E-state index in [4.69, 9.17) is 20.4 Å². The van der Waals surface area contributed by atoms with Gasteiger partial charge in [-0.15, -0.1) is 0 Å². The zero-order valence-corrected chi connectivity index (χ0v) is 24.8. The lowest BCUT2D eigenvalue weighted by Gasteiger charge is -2.32. The molecule has 0 spiro atoms. The Balaban J connectivity index is 1.22. The molecule has 9 nitrogen and oxygen atoms in total. The van der Waals surface area contributed by atoms with E-state index < -0.39 is 5.60 Å². The van der Waals surface area contributed by atoms with Gasteiger partial charge in [0.25, 0.3) is 0 Å². The molecular formula is C34H37N7O2. The second kappa shape index (κ2) is 11.9. The van der Waals surface area contributed by atoms with Crippen LogP contribution in [-0.4, -0.2) is 55.2 Å². The van der Waals surface area contributed by atoms with E-state index in [-0.39, 0.29) is 12.1 Å². The summed E-state index contributed by atoms with van der Waals surface area (Å²) in [6, 6.07) is 24.7. The number of nitrogens with one attached hydrogen (secondary N) is 1. The highest BCUT2D eigenvalue weighted by molar-refractivity contribution is 5.85. The van der Waals surface area contributed by atoms with E-state index in [9.17, 15) is 4.79 Å². The number of piperidine rings is 1. The van der Waals surface area contributed by atoms with Crippen molar-refractivity contribution in [2.45, 2.75) is 51.8 Å². The first-order valence-corrected chi connectivity index (χ1v) is 14.7. The van der Waals surface area contributed by atoms with Gasteiger partial charge in [0.2, 0.25) is 0 Å². The number of pyridine rings is 2. The Morgan fingerprint density at radius 2 is 1.72 bits per heavy atom. The number of ether oxygens (including phenoxy) is 1. The van der Waals surface area contributed by atoms with E-state index in [0.717, 1.165) is 66.0 Å². The summed E-state index contributed by atoms with van der Waals surface area (Å²) in [7, 11) is 0. The SMILES string of the molecule is CC(C)(C)OC(=O)NC1CCN(Cc2ccc(-n3c(-c4cccnc4N)nc4cc(-c5ccccc5)cnc43)cc2)CC1. The third-order valence-electron chi connectivity index (χ3n) is 7.59. The number of benzene rings is 2. The van der Waals surface area contributed by atoms with Crippen LogP contribution in [0.2, 0.25) is 0 Å². The first kappa shape index (κ1) is 28.4. The number of hydrogen-bond donors (Lipinski definition) is 2. The summed E-state index contributed by atoms with van der Waals surface area (Å²) >= 11 is 0. The number of anilines is 1. The molecule has 2 aromatic carbocycles. The Morgan fingerprint density at radius 3 is 2.42 bits per heavy atom. The van der Waals surface area contributed by atoms with Crippen LogP contribution in [0.3, 0.4) is 0 Å². The van der Waals surface area contributed by atoms with Crippen molar-refractivity contribution in [2.24, 2.45) is 0 Å². The quantitative estimate of drug-likeness (QED) is 0.247. The highest BCUT2D eigenvalue weighted by atomic mass is 16.6. The summed E-state index contributed by atoms with van der Waals surface area (Å²) in [5, 5.41) is 3.02. The predicted octanol–water partition coefficient (Wildman–Crippen LogP) is 6.22. The number of carbonyl (C=O) groups is 1. The maximum atomic E-state index is 12.2. The maximum Gasteiger partial charge on any atom is 0.407 e. The van der Waals surface area contributed by atoms with Gasteiger partial charge >= 0.3 is 6.09 Å². The minimum atomic E-state index is -0.494. The number of hydrogen-bond acceptors (Lipinski definition) is 7. The fourth-order valence-corrected chi connectivity index (χ4v) is 5.50. The molecule has 3 N–H and O–H groups in total. The van der Waals surface area contributed by atoms with Crippen molar-refractivity contribution in [1.82, 2.24) is 29.7 Å². The highest BCUT2D eigenvalue weighted by Gasteiger charge is 2.24. The number of carbonyl (C=O) groups excluding carboxylic acids is 1. The Kier molecular flexibility index (Phi) is 7.82. The second-order valence-corrected chi connectivity index (χ2v) is 12.0. The van der Waals surface area contributed by atoms with Gasteiger partial charge < -0.3 is 15.8 Å². The topological polar surface area (TPSA) is 111 Å². The number of likely N-dealkylation sites (tertiary alicyclic amines) is 1. The third kappa shape index (κ3) is 6.52. The molecule has 1 aliphatic rings. The van der Waals surface area contributed by atoms with Crippen molar-refractivity contribution in [1.29, 1.82) is 0 Å². The van der Waals surface area contributed by atoms with Gasteiger partial charge in [0.15, 0.2) is 11.5 Å². The Bertz CT molecular complexity index is 1720. The lowest BCUT2D eigenvalue weighted by molar-refractivity contribution is 0.0477. The first-order valence-electron chi connectivity index (χ1n) is 14.7. The zero-order chi connectivity index (χ0) is 30.0. The molecule has 0 saturated carbocycles. The summed E-state index contributed by atoms with van der Waals surface area (Å²) < 4.78 is 7.47. The van der Waals surface area contributed by atoms with Crippen molar-refractivity contribution in [3.8, 4) is 28.2 Å². The molecular weight excluding hydrogens is 538 g/mol. The lowest BCUT2D eigenvalue weighted by Crippen LogP contribution is -2.45. The summed E-state index contributed by atoms with van der Waals surface area (Å²) in [5.74, 6) is 1.12. The molecule has 0 radical (unpaired) electrons. The van der Waals surface area contributed by atoms with Crippen LogP contribution in [0.5, 0.6) is 0 Å². The Morgan fingerprint density at radius 1 is 0.977 bits per heavy atom. The molecule has 1 amide bonds. The number of fused-ring (bicyclic) bond motifs is 1. The van der Waals surface area contributed by atoms with E-state index in [1.54, 1.807) is 6.20 Å². The molecule has 5 aromatic rings. The lowest BCUT2D eigenvalue weighted by atomic mass is 10.0. The number of amides is 1. The van der Waals surface area contributed by atoms with E-state index in [1.165, 1.54) is 5.56 Å². The van der Waals surface area contributed by atoms with Gasteiger partial charge in [0, 0.05) is 49.3 Å². The Labute approximate surface area is 251 Å². The number of nitrogen functional groups attached to an aromatic ring is 1. The van der Waals surface area contributed by atoms with Crippen LogP contribution in [0.1, 0.15) is 39.2 Å². The van der Waals surface area contributed by atoms with E-state index in [0.29, 0.717) is 11.6 Å². The number of imidazole rings is 1. The minimum absolute atomic E-state index is 0.135. The maximum absolute atomic E-state index is 12.2. The molecule has 220 valence electrons. The molecule has 0 bridgehead atoms. The number of aromatic nitrogens is 4. The number of nitrogens with zero attached hydrogens (tertiary/aromatic N) is 5. The van der Waals surface area contributed by atoms with E-state index in [1.807, 2.05) is 57.3 Å². The van der Waals surface area contributed by atoms with Gasteiger partial charge in [-0.2, -0.15) is 0 Å². The monoisotopic (exact) mass is 575 g/mol. The summed E-state index contributed by atoms with van der Waals surface area (Å²) in [6.07, 6.45) is 5.02. The van der Waals surface area contributed by atoms with Crippen LogP contribution in [0.15, 0.2) is 85.2 Å². The molecule has 1 saturated heterocycles. The fourth-order valence-electron chi connectivity index (χ4n) is 5.50. The molecule has 43 heavy (non-hydrogen) atoms. The fraction of sp³-hybridized carbons (Fsp3) is 0.294. The molecule has 0 aliphatic carbocycles. The number of alkyl carbamates (subject to hydrolysis) is 1. The Hall–Kier alpha value is -4.76. The number of rotatable bonds is 6. The predicted molar refractivity (Wildman–Crippen MR) is 170 cm³/mol. The minimum Gasteiger partial charge on any atom is -0.444 e. The second-order valence-electron chi connectivity index (χ2n) is 12.0. The van der Waals surface area contributed by atoms with Gasteiger partial charge in [-0.05, 0) is 75.1 Å². The molecule has 6 rings (SSSR count). The number of nitrogens with two attached hydrogens (primary N) is 1. The average molecular weight is 576 g/mol. The standard InChI is InChI=1S/C34H37N7O2/c1-34(2,3)43-33(42)38-26-15-18-40(19-16-26)22-23-11-13-27(14-12-23)41-31(28-10-7-17-36-30(28)35)39-29-20-25(21-37-32(29)41)24-8-5-4-6-9-24/h4-14,17,20-21,26H,15-16,18-19,22H2,1-3H3,(H2,35,36)(H,38,42). The summed E-state index contributed by atoms with van der Waals surface area (Å²) in [6.45, 7) is 8.29. The van der Waals surface area contributed by atoms with Crippen LogP contribution in [0.4, 0.5) is 10.6 Å². The van der Waals surface area contributed by atoms with Gasteiger partial charge in [0.05, 0.1) is 5.56 Å². The molecule has 3 aromatic heterocycles. The summed E-state index contributed by atoms with van der Waals surface area (Å²) in [5.41, 5.74) is 12.4. The van der Waals surface area contributed by atoms with E-state index in [2.05, 4.69) is 62.2 Å². The first-order chi connectivity index (χ1) is 20.7. The molecule has 4 heterocycles. The normalized spacial score (nSPS) is 14.6. The van der Waals surface area contributed by atoms with Crippen LogP contribution in [0.25, 0.3) is 39.4 Å². The molecule has 1 aliphatic heterocycles. The van der Waals surface area contributed by atoms with E-state index >= 15 is 0 Å². The summed E-state index contributed by atoms with van der Waals surface area (Å²) in [4.78, 5) is 28.8. The van der Waals surface area contributed by atoms with Crippen LogP contribution in [-0.2, 0) is 11.3 Å². The van der Waals surface area contributed by atoms with Gasteiger partial charge in [-0.1, -0.05) is 42.5 Å². The third-order valence-corrected chi connectivity index (χ3v) is 7.59. The zero-order valence-electron chi connectivity index (χ0n) is 24.8. The molecule has 1 fully saturated rings. The van der Waals surface area contributed by atoms with Crippen LogP contribution < -0.4 is 11.1 Å². The molecule has 0 unspecified atom stereocenters. The highest BCUT2D eigenvalue weighted by Crippen LogP contribution is 2.32. The van der Waals surface area contributed by atoms with Crippen molar-refractivity contribution >= 4 is 23.1 Å². The van der Waals surface area contributed by atoms with Crippen molar-refractivity contribution in [2.75, 3.05) is 18.8 Å². The van der Waals surface area contributed by atoms with Crippen molar-refractivity contribution < 1.29 is 9.53 Å². The van der Waals surface area contributed by atoms with Gasteiger partial charge in [-0.3, -0.25) is 9.47 Å². The average Bonchev–Trinajstić information content (AvgIpc) is 3.37.